The summed E-state index contributed by atoms with van der Waals surface area (Å²) in [5.41, 5.74) is 0. The molecule has 0 aliphatic heterocycles. The van der Waals surface area contributed by atoms with Gasteiger partial charge in [0.25, 0.3) is 0 Å². The van der Waals surface area contributed by atoms with Crippen LogP contribution in [0.1, 0.15) is 6.92 Å². The van der Waals surface area contributed by atoms with E-state index in [2.05, 4.69) is 13.2 Å². The molecule has 0 aromatic heterocycles. The molecule has 0 aromatic rings. The molecule has 0 amide bonds. The highest BCUT2D eigenvalue weighted by molar-refractivity contribution is 5.79. The molecule has 6 nitrogen and oxygen atoms in total. The van der Waals surface area contributed by atoms with E-state index in [0.717, 1.165) is 12.2 Å². The number of aliphatic hydroxyl groups is 2. The standard InChI is InChI=1S/2C3H4O2.C2H6O2/c2*1-2-3(4)5;1-2(3)4/h2*2H,1H2,(H,4,5);2-4H,1H3. The van der Waals surface area contributed by atoms with Crippen LogP contribution in [-0.2, 0) is 9.59 Å². The monoisotopic (exact) mass is 206 g/mol. The molecule has 0 heterocycles. The zero-order chi connectivity index (χ0) is 12.1. The molecule has 0 aliphatic carbocycles. The van der Waals surface area contributed by atoms with Gasteiger partial charge >= 0.3 is 11.9 Å². The molecule has 0 radical (unpaired) electrons. The molecular formula is C8H14O6. The summed E-state index contributed by atoms with van der Waals surface area (Å²) in [6.45, 7) is 7.20. The van der Waals surface area contributed by atoms with Crippen molar-refractivity contribution in [3.8, 4) is 0 Å². The zero-order valence-corrected chi connectivity index (χ0v) is 7.75. The van der Waals surface area contributed by atoms with E-state index in [-0.39, 0.29) is 0 Å². The fourth-order valence-electron chi connectivity index (χ4n) is 0. The highest BCUT2D eigenvalue weighted by Crippen LogP contribution is 1.57. The van der Waals surface area contributed by atoms with Crippen molar-refractivity contribution in [1.82, 2.24) is 0 Å². The van der Waals surface area contributed by atoms with Crippen LogP contribution >= 0.6 is 0 Å². The lowest BCUT2D eigenvalue weighted by atomic mass is 10.7. The molecule has 0 unspecified atom stereocenters. The molecule has 0 rings (SSSR count). The van der Waals surface area contributed by atoms with Gasteiger partial charge in [0.05, 0.1) is 0 Å². The predicted molar refractivity (Wildman–Crippen MR) is 49.6 cm³/mol. The Hall–Kier alpha value is -1.66. The molecule has 0 aliphatic rings. The van der Waals surface area contributed by atoms with Gasteiger partial charge in [0.15, 0.2) is 0 Å². The van der Waals surface area contributed by atoms with Gasteiger partial charge in [-0.15, -0.1) is 0 Å². The first kappa shape index (κ1) is 18.2. The molecule has 14 heavy (non-hydrogen) atoms. The van der Waals surface area contributed by atoms with Gasteiger partial charge in [-0.25, -0.2) is 9.59 Å². The number of carboxylic acid groups (broad SMARTS) is 2. The third-order valence-corrected chi connectivity index (χ3v) is 0.349. The molecule has 0 saturated heterocycles. The minimum absolute atomic E-state index is 0.833. The molecule has 0 bridgehead atoms. The highest BCUT2D eigenvalue weighted by Gasteiger charge is 1.73. The van der Waals surface area contributed by atoms with E-state index in [0.29, 0.717) is 0 Å². The molecule has 4 N–H and O–H groups in total. The average Bonchev–Trinajstić information content (AvgIpc) is 2.04. The number of carboxylic acids is 2. The summed E-state index contributed by atoms with van der Waals surface area (Å²) in [6, 6.07) is 0. The fraction of sp³-hybridized carbons (Fsp3) is 0.250. The third kappa shape index (κ3) is 165. The van der Waals surface area contributed by atoms with Crippen molar-refractivity contribution in [3.63, 3.8) is 0 Å². The van der Waals surface area contributed by atoms with Crippen LogP contribution in [0.25, 0.3) is 0 Å². The number of hydrogen-bond donors (Lipinski definition) is 4. The molecule has 0 atom stereocenters. The second-order valence-corrected chi connectivity index (χ2v) is 1.72. The van der Waals surface area contributed by atoms with E-state index in [4.69, 9.17) is 20.4 Å². The van der Waals surface area contributed by atoms with Gasteiger partial charge in [0.1, 0.15) is 6.29 Å². The minimum atomic E-state index is -1.17. The Morgan fingerprint density at radius 2 is 1.14 bits per heavy atom. The first-order chi connectivity index (χ1) is 6.27. The summed E-state index contributed by atoms with van der Waals surface area (Å²) in [6.07, 6.45) is 0.500. The minimum Gasteiger partial charge on any atom is -0.478 e. The maximum absolute atomic E-state index is 9.25. The molecular weight excluding hydrogens is 192 g/mol. The molecule has 6 heteroatoms. The Labute approximate surface area is 81.4 Å². The number of aliphatic carboxylic acids is 2. The van der Waals surface area contributed by atoms with Crippen LogP contribution < -0.4 is 0 Å². The Bertz CT molecular complexity index is 164. The average molecular weight is 206 g/mol. The lowest BCUT2D eigenvalue weighted by Crippen LogP contribution is -1.92. The van der Waals surface area contributed by atoms with E-state index >= 15 is 0 Å². The zero-order valence-electron chi connectivity index (χ0n) is 7.75. The van der Waals surface area contributed by atoms with Crippen LogP contribution in [0.4, 0.5) is 0 Å². The Balaban J connectivity index is -0.000000131. The quantitative estimate of drug-likeness (QED) is 0.368. The highest BCUT2D eigenvalue weighted by atomic mass is 16.5. The molecule has 0 aromatic carbocycles. The third-order valence-electron chi connectivity index (χ3n) is 0.349. The van der Waals surface area contributed by atoms with Crippen molar-refractivity contribution < 1.29 is 30.0 Å². The van der Waals surface area contributed by atoms with E-state index in [9.17, 15) is 9.59 Å². The normalized spacial score (nSPS) is 7.14. The van der Waals surface area contributed by atoms with Crippen LogP contribution in [0.3, 0.4) is 0 Å². The Morgan fingerprint density at radius 1 is 1.07 bits per heavy atom. The fourth-order valence-corrected chi connectivity index (χ4v) is 0. The first-order valence-corrected chi connectivity index (χ1v) is 3.34. The van der Waals surface area contributed by atoms with E-state index in [1.165, 1.54) is 6.92 Å². The lowest BCUT2D eigenvalue weighted by molar-refractivity contribution is -0.132. The maximum Gasteiger partial charge on any atom is 0.327 e. The number of carbonyl (C=O) groups is 2. The second-order valence-electron chi connectivity index (χ2n) is 1.72. The van der Waals surface area contributed by atoms with Gasteiger partial charge in [-0.1, -0.05) is 13.2 Å². The van der Waals surface area contributed by atoms with Crippen molar-refractivity contribution in [2.24, 2.45) is 0 Å². The molecule has 0 fully saturated rings. The molecule has 82 valence electrons. The SMILES string of the molecule is C=CC(=O)O.C=CC(=O)O.CC(O)O. The van der Waals surface area contributed by atoms with Crippen LogP contribution in [-0.4, -0.2) is 38.7 Å². The summed E-state index contributed by atoms with van der Waals surface area (Å²) < 4.78 is 0. The van der Waals surface area contributed by atoms with Gasteiger partial charge in [-0.05, 0) is 6.92 Å². The van der Waals surface area contributed by atoms with Crippen LogP contribution in [0.15, 0.2) is 25.3 Å². The van der Waals surface area contributed by atoms with Gasteiger partial charge in [0, 0.05) is 12.2 Å². The van der Waals surface area contributed by atoms with Crippen molar-refractivity contribution >= 4 is 11.9 Å². The van der Waals surface area contributed by atoms with E-state index < -0.39 is 18.2 Å². The van der Waals surface area contributed by atoms with Crippen molar-refractivity contribution in [1.29, 1.82) is 0 Å². The summed E-state index contributed by atoms with van der Waals surface area (Å²) in [4.78, 5) is 18.5. The van der Waals surface area contributed by atoms with Crippen LogP contribution in [0, 0.1) is 0 Å². The Morgan fingerprint density at radius 3 is 1.14 bits per heavy atom. The predicted octanol–water partition coefficient (Wildman–Crippen LogP) is -0.169. The topological polar surface area (TPSA) is 115 Å². The van der Waals surface area contributed by atoms with Crippen molar-refractivity contribution in [2.75, 3.05) is 0 Å². The van der Waals surface area contributed by atoms with Gasteiger partial charge in [-0.2, -0.15) is 0 Å². The van der Waals surface area contributed by atoms with Crippen molar-refractivity contribution in [2.45, 2.75) is 13.2 Å². The summed E-state index contributed by atoms with van der Waals surface area (Å²) in [5, 5.41) is 30.4. The van der Waals surface area contributed by atoms with Gasteiger partial charge in [0.2, 0.25) is 0 Å². The number of rotatable bonds is 2. The van der Waals surface area contributed by atoms with Crippen LogP contribution in [0.2, 0.25) is 0 Å². The van der Waals surface area contributed by atoms with Crippen LogP contribution in [0.5, 0.6) is 0 Å². The summed E-state index contributed by atoms with van der Waals surface area (Å²) in [5.74, 6) is -1.96. The van der Waals surface area contributed by atoms with E-state index in [1.807, 2.05) is 0 Å². The second kappa shape index (κ2) is 13.9. The maximum atomic E-state index is 9.25. The van der Waals surface area contributed by atoms with E-state index in [1.54, 1.807) is 0 Å². The first-order valence-electron chi connectivity index (χ1n) is 3.34. The summed E-state index contributed by atoms with van der Waals surface area (Å²) >= 11 is 0. The lowest BCUT2D eigenvalue weighted by Gasteiger charge is -1.80. The van der Waals surface area contributed by atoms with Gasteiger partial charge < -0.3 is 20.4 Å². The summed E-state index contributed by atoms with van der Waals surface area (Å²) in [7, 11) is 0. The van der Waals surface area contributed by atoms with Crippen molar-refractivity contribution in [3.05, 3.63) is 25.3 Å². The number of hydrogen-bond acceptors (Lipinski definition) is 4. The molecule has 0 saturated carbocycles. The Kier molecular flexibility index (Phi) is 18.1. The van der Waals surface area contributed by atoms with Gasteiger partial charge in [-0.3, -0.25) is 0 Å². The molecule has 0 spiro atoms. The largest absolute Gasteiger partial charge is 0.478 e. The number of aliphatic hydroxyl groups excluding tert-OH is 1. The smallest absolute Gasteiger partial charge is 0.327 e.